The first-order valence-electron chi connectivity index (χ1n) is 10.7. The second kappa shape index (κ2) is 8.80. The Hall–Kier alpha value is -2.71. The summed E-state index contributed by atoms with van der Waals surface area (Å²) in [5, 5.41) is 6.53. The molecule has 0 saturated carbocycles. The first-order valence-corrected chi connectivity index (χ1v) is 11.9. The van der Waals surface area contributed by atoms with Crippen molar-refractivity contribution in [1.82, 2.24) is 24.6 Å². The number of amides is 1. The number of hydrogen-bond acceptors (Lipinski definition) is 6. The van der Waals surface area contributed by atoms with Crippen LogP contribution in [0.5, 0.6) is 0 Å². The maximum absolute atomic E-state index is 13.1. The fourth-order valence-electron chi connectivity index (χ4n) is 4.26. The molecule has 1 aromatic carbocycles. The van der Waals surface area contributed by atoms with Gasteiger partial charge in [-0.25, -0.2) is 4.68 Å². The Kier molecular flexibility index (Phi) is 5.74. The van der Waals surface area contributed by atoms with Crippen LogP contribution in [0.3, 0.4) is 0 Å². The topological polar surface area (TPSA) is 71.3 Å². The van der Waals surface area contributed by atoms with E-state index in [1.165, 1.54) is 0 Å². The first-order chi connectivity index (χ1) is 15.2. The van der Waals surface area contributed by atoms with E-state index in [1.807, 2.05) is 47.0 Å². The highest BCUT2D eigenvalue weighted by atomic mass is 32.2. The monoisotopic (exact) mass is 435 g/mol. The Bertz CT molecular complexity index is 1160. The van der Waals surface area contributed by atoms with E-state index in [4.69, 9.17) is 0 Å². The lowest BCUT2D eigenvalue weighted by Crippen LogP contribution is -2.49. The summed E-state index contributed by atoms with van der Waals surface area (Å²) in [5.74, 6) is 1.95. The van der Waals surface area contributed by atoms with Gasteiger partial charge in [0.15, 0.2) is 0 Å². The van der Waals surface area contributed by atoms with Gasteiger partial charge < -0.3 is 4.90 Å². The van der Waals surface area contributed by atoms with Crippen LogP contribution in [0.2, 0.25) is 0 Å². The minimum Gasteiger partial charge on any atom is -0.335 e. The molecular weight excluding hydrogens is 410 g/mol. The van der Waals surface area contributed by atoms with Crippen LogP contribution in [0.25, 0.3) is 10.8 Å². The molecule has 0 spiro atoms. The van der Waals surface area contributed by atoms with Crippen molar-refractivity contribution >= 4 is 28.4 Å². The molecule has 0 aliphatic carbocycles. The molecule has 0 radical (unpaired) electrons. The molecule has 2 aromatic heterocycles. The lowest BCUT2D eigenvalue weighted by molar-refractivity contribution is 0.0628. The van der Waals surface area contributed by atoms with Crippen LogP contribution in [-0.4, -0.2) is 68.9 Å². The van der Waals surface area contributed by atoms with Crippen LogP contribution >= 0.6 is 11.8 Å². The summed E-state index contributed by atoms with van der Waals surface area (Å²) in [4.78, 5) is 34.0. The molecule has 8 heteroatoms. The highest BCUT2D eigenvalue weighted by molar-refractivity contribution is 7.98. The van der Waals surface area contributed by atoms with Gasteiger partial charge in [0.25, 0.3) is 11.5 Å². The summed E-state index contributed by atoms with van der Waals surface area (Å²) in [6.45, 7) is 4.23. The predicted octanol–water partition coefficient (Wildman–Crippen LogP) is 2.04. The Balaban J connectivity index is 1.20. The van der Waals surface area contributed by atoms with E-state index in [0.29, 0.717) is 25.3 Å². The molecular formula is C23H25N5O2S. The van der Waals surface area contributed by atoms with Crippen molar-refractivity contribution < 1.29 is 4.79 Å². The molecule has 1 fully saturated rings. The number of fused-ring (bicyclic) bond motifs is 2. The first kappa shape index (κ1) is 20.2. The van der Waals surface area contributed by atoms with Gasteiger partial charge in [-0.1, -0.05) is 24.3 Å². The zero-order chi connectivity index (χ0) is 21.2. The highest BCUT2D eigenvalue weighted by Gasteiger charge is 2.24. The third kappa shape index (κ3) is 4.22. The normalized spacial score (nSPS) is 17.0. The van der Waals surface area contributed by atoms with E-state index in [-0.39, 0.29) is 11.5 Å². The number of pyridine rings is 1. The van der Waals surface area contributed by atoms with Gasteiger partial charge in [0.1, 0.15) is 5.69 Å². The minimum absolute atomic E-state index is 0.0121. The van der Waals surface area contributed by atoms with Gasteiger partial charge in [-0.3, -0.25) is 19.5 Å². The number of aromatic nitrogens is 3. The van der Waals surface area contributed by atoms with Crippen LogP contribution in [0.4, 0.5) is 0 Å². The van der Waals surface area contributed by atoms with Crippen molar-refractivity contribution in [2.75, 3.05) is 38.5 Å². The predicted molar refractivity (Wildman–Crippen MR) is 122 cm³/mol. The van der Waals surface area contributed by atoms with E-state index in [9.17, 15) is 9.59 Å². The van der Waals surface area contributed by atoms with Crippen molar-refractivity contribution in [3.05, 3.63) is 69.9 Å². The molecule has 4 heterocycles. The summed E-state index contributed by atoms with van der Waals surface area (Å²) in [5.41, 5.74) is 2.66. The third-order valence-electron chi connectivity index (χ3n) is 6.07. The van der Waals surface area contributed by atoms with Crippen LogP contribution in [-0.2, 0) is 18.7 Å². The summed E-state index contributed by atoms with van der Waals surface area (Å²) in [7, 11) is 0. The highest BCUT2D eigenvalue weighted by Crippen LogP contribution is 2.21. The van der Waals surface area contributed by atoms with Crippen LogP contribution in [0, 0.1) is 0 Å². The van der Waals surface area contributed by atoms with E-state index >= 15 is 0 Å². The molecule has 3 aromatic rings. The van der Waals surface area contributed by atoms with Gasteiger partial charge in [-0.15, -0.1) is 0 Å². The van der Waals surface area contributed by atoms with Gasteiger partial charge >= 0.3 is 0 Å². The van der Waals surface area contributed by atoms with E-state index in [1.54, 1.807) is 16.9 Å². The molecule has 7 nitrogen and oxygen atoms in total. The molecule has 31 heavy (non-hydrogen) atoms. The average molecular weight is 436 g/mol. The second-order valence-electron chi connectivity index (χ2n) is 7.99. The minimum atomic E-state index is -0.0166. The summed E-state index contributed by atoms with van der Waals surface area (Å²) < 4.78 is 1.60. The number of carbonyl (C=O) groups excluding carboxylic acids is 1. The molecule has 0 N–H and O–H groups in total. The maximum atomic E-state index is 13.1. The Labute approximate surface area is 185 Å². The fourth-order valence-corrected chi connectivity index (χ4v) is 5.22. The number of benzene rings is 1. The number of piperazine rings is 1. The van der Waals surface area contributed by atoms with Crippen LogP contribution in [0.15, 0.2) is 47.4 Å². The average Bonchev–Trinajstić information content (AvgIpc) is 2.82. The molecule has 0 atom stereocenters. The summed E-state index contributed by atoms with van der Waals surface area (Å²) >= 11 is 1.86. The van der Waals surface area contributed by atoms with Crippen molar-refractivity contribution in [1.29, 1.82) is 0 Å². The SMILES string of the molecule is O=C(c1nccc2ccccc12)N1CCN(CCn2nc3c(cc2=O)CSCC3)CC1. The number of thioether (sulfide) groups is 1. The Morgan fingerprint density at radius 3 is 2.77 bits per heavy atom. The van der Waals surface area contributed by atoms with Crippen LogP contribution in [0.1, 0.15) is 21.7 Å². The number of carbonyl (C=O) groups is 1. The maximum Gasteiger partial charge on any atom is 0.273 e. The number of nitrogens with zero attached hydrogens (tertiary/aromatic N) is 5. The molecule has 2 aliphatic rings. The van der Waals surface area contributed by atoms with E-state index < -0.39 is 0 Å². The van der Waals surface area contributed by atoms with E-state index in [2.05, 4.69) is 15.0 Å². The Morgan fingerprint density at radius 2 is 1.90 bits per heavy atom. The van der Waals surface area contributed by atoms with Crippen molar-refractivity contribution in [2.24, 2.45) is 0 Å². The second-order valence-corrected chi connectivity index (χ2v) is 9.10. The number of rotatable bonds is 4. The largest absolute Gasteiger partial charge is 0.335 e. The zero-order valence-electron chi connectivity index (χ0n) is 17.4. The third-order valence-corrected chi connectivity index (χ3v) is 7.08. The van der Waals surface area contributed by atoms with Gasteiger partial charge in [0.2, 0.25) is 0 Å². The molecule has 0 unspecified atom stereocenters. The Morgan fingerprint density at radius 1 is 1.06 bits per heavy atom. The van der Waals surface area contributed by atoms with Crippen molar-refractivity contribution in [3.8, 4) is 0 Å². The summed E-state index contributed by atoms with van der Waals surface area (Å²) in [6.07, 6.45) is 2.64. The fraction of sp³-hybridized carbons (Fsp3) is 0.391. The van der Waals surface area contributed by atoms with Crippen LogP contribution < -0.4 is 5.56 Å². The number of aryl methyl sites for hydroxylation is 1. The van der Waals surface area contributed by atoms with E-state index in [0.717, 1.165) is 59.6 Å². The molecule has 1 saturated heterocycles. The molecule has 2 aliphatic heterocycles. The lowest BCUT2D eigenvalue weighted by atomic mass is 10.1. The van der Waals surface area contributed by atoms with Gasteiger partial charge in [-0.2, -0.15) is 16.9 Å². The van der Waals surface area contributed by atoms with Crippen molar-refractivity contribution in [2.45, 2.75) is 18.7 Å². The quantitative estimate of drug-likeness (QED) is 0.625. The molecule has 160 valence electrons. The molecule has 0 bridgehead atoms. The van der Waals surface area contributed by atoms with Gasteiger partial charge in [-0.05, 0) is 22.8 Å². The smallest absolute Gasteiger partial charge is 0.273 e. The van der Waals surface area contributed by atoms with Gasteiger partial charge in [0, 0.05) is 62.5 Å². The zero-order valence-corrected chi connectivity index (χ0v) is 18.2. The molecule has 5 rings (SSSR count). The number of hydrogen-bond donors (Lipinski definition) is 0. The van der Waals surface area contributed by atoms with Gasteiger partial charge in [0.05, 0.1) is 12.2 Å². The summed E-state index contributed by atoms with van der Waals surface area (Å²) in [6, 6.07) is 11.5. The lowest BCUT2D eigenvalue weighted by Gasteiger charge is -2.34. The molecule has 1 amide bonds. The standard InChI is InChI=1S/C23H25N5O2S/c29-21-15-18-16-31-14-6-20(18)25-28(21)13-10-26-8-11-27(12-9-26)23(30)22-19-4-2-1-3-17(19)5-7-24-22/h1-5,7,15H,6,8-14,16H2. The van der Waals surface area contributed by atoms with Crippen molar-refractivity contribution in [3.63, 3.8) is 0 Å².